The molecule has 0 spiro atoms. The molecular weight excluding hydrogens is 184 g/mol. The van der Waals surface area contributed by atoms with E-state index in [2.05, 4.69) is 13.2 Å². The van der Waals surface area contributed by atoms with Crippen LogP contribution in [0, 0.1) is 0 Å². The summed E-state index contributed by atoms with van der Waals surface area (Å²) in [5, 5.41) is 0. The Morgan fingerprint density at radius 1 is 1.00 bits per heavy atom. The molecule has 0 heterocycles. The first-order valence-corrected chi connectivity index (χ1v) is 4.56. The average Bonchev–Trinajstić information content (AvgIpc) is 2.13. The Balaban J connectivity index is 2.19. The molecule has 4 nitrogen and oxygen atoms in total. The summed E-state index contributed by atoms with van der Waals surface area (Å²) >= 11 is 0. The largest absolute Gasteiger partial charge is 0.476 e. The third-order valence-corrected chi connectivity index (χ3v) is 2.13. The molecule has 0 bridgehead atoms. The van der Waals surface area contributed by atoms with Crippen molar-refractivity contribution in [3.8, 4) is 0 Å². The lowest BCUT2D eigenvalue weighted by molar-refractivity contribution is -0.319. The first-order valence-electron chi connectivity index (χ1n) is 4.56. The molecule has 1 aliphatic rings. The molecule has 0 saturated heterocycles. The third kappa shape index (κ3) is 3.05. The van der Waals surface area contributed by atoms with E-state index in [1.165, 1.54) is 12.5 Å². The fraction of sp³-hybridized carbons (Fsp3) is 0.600. The van der Waals surface area contributed by atoms with E-state index in [9.17, 15) is 0 Å². The van der Waals surface area contributed by atoms with Gasteiger partial charge in [0.25, 0.3) is 0 Å². The Hall–Kier alpha value is -1.00. The van der Waals surface area contributed by atoms with Crippen molar-refractivity contribution >= 4 is 0 Å². The molecule has 0 aromatic carbocycles. The maximum Gasteiger partial charge on any atom is 0.191 e. The van der Waals surface area contributed by atoms with Crippen molar-refractivity contribution in [1.29, 1.82) is 0 Å². The highest BCUT2D eigenvalue weighted by molar-refractivity contribution is 4.80. The number of hydrogen-bond donors (Lipinski definition) is 0. The maximum absolute atomic E-state index is 5.42. The Morgan fingerprint density at radius 3 is 1.79 bits per heavy atom. The summed E-state index contributed by atoms with van der Waals surface area (Å²) in [5.41, 5.74) is 0. The summed E-state index contributed by atoms with van der Waals surface area (Å²) in [4.78, 5) is 0. The van der Waals surface area contributed by atoms with Crippen molar-refractivity contribution in [2.75, 3.05) is 13.6 Å². The fourth-order valence-electron chi connectivity index (χ4n) is 1.17. The van der Waals surface area contributed by atoms with Crippen molar-refractivity contribution < 1.29 is 18.9 Å². The molecule has 1 saturated carbocycles. The smallest absolute Gasteiger partial charge is 0.191 e. The molecule has 0 atom stereocenters. The van der Waals surface area contributed by atoms with Crippen LogP contribution in [0.2, 0.25) is 0 Å². The van der Waals surface area contributed by atoms with E-state index in [1.54, 1.807) is 0 Å². The van der Waals surface area contributed by atoms with E-state index in [-0.39, 0.29) is 13.6 Å². The summed E-state index contributed by atoms with van der Waals surface area (Å²) in [6.07, 6.45) is 5.52. The van der Waals surface area contributed by atoms with E-state index in [1.807, 2.05) is 0 Å². The lowest BCUT2D eigenvalue weighted by atomic mass is 9.91. The minimum absolute atomic E-state index is 0.164. The average molecular weight is 200 g/mol. The molecule has 80 valence electrons. The van der Waals surface area contributed by atoms with Crippen LogP contribution in [-0.4, -0.2) is 19.4 Å². The molecule has 0 aromatic rings. The highest BCUT2D eigenvalue weighted by Gasteiger charge is 2.39. The molecule has 0 unspecified atom stereocenters. The minimum Gasteiger partial charge on any atom is -0.476 e. The van der Waals surface area contributed by atoms with Gasteiger partial charge in [-0.25, -0.2) is 0 Å². The molecule has 0 N–H and O–H groups in total. The summed E-state index contributed by atoms with van der Waals surface area (Å²) < 4.78 is 20.6. The molecule has 1 fully saturated rings. The van der Waals surface area contributed by atoms with Gasteiger partial charge in [-0.3, -0.25) is 0 Å². The van der Waals surface area contributed by atoms with Gasteiger partial charge >= 0.3 is 0 Å². The highest BCUT2D eigenvalue weighted by Crippen LogP contribution is 2.36. The third-order valence-electron chi connectivity index (χ3n) is 2.13. The van der Waals surface area contributed by atoms with Gasteiger partial charge in [0.1, 0.15) is 0 Å². The molecule has 14 heavy (non-hydrogen) atoms. The summed E-state index contributed by atoms with van der Waals surface area (Å²) in [5.74, 6) is -0.522. The molecule has 0 amide bonds. The monoisotopic (exact) mass is 200 g/mol. The number of hydrogen-bond acceptors (Lipinski definition) is 4. The van der Waals surface area contributed by atoms with Gasteiger partial charge in [0.15, 0.2) is 19.4 Å². The molecule has 4 heteroatoms. The van der Waals surface area contributed by atoms with Crippen molar-refractivity contribution in [2.45, 2.75) is 25.0 Å². The summed E-state index contributed by atoms with van der Waals surface area (Å²) in [6.45, 7) is 7.17. The van der Waals surface area contributed by atoms with Gasteiger partial charge < -0.3 is 18.9 Å². The molecule has 0 radical (unpaired) electrons. The van der Waals surface area contributed by atoms with Crippen LogP contribution in [0.1, 0.15) is 19.3 Å². The van der Waals surface area contributed by atoms with Gasteiger partial charge in [-0.2, -0.15) is 0 Å². The molecular formula is C10H16O4. The molecule has 0 aromatic heterocycles. The number of ether oxygens (including phenoxy) is 4. The Kier molecular flexibility index (Phi) is 4.49. The zero-order chi connectivity index (χ0) is 10.3. The van der Waals surface area contributed by atoms with Crippen molar-refractivity contribution in [3.05, 3.63) is 25.7 Å². The highest BCUT2D eigenvalue weighted by atomic mass is 16.8. The van der Waals surface area contributed by atoms with E-state index >= 15 is 0 Å². The lowest BCUT2D eigenvalue weighted by Crippen LogP contribution is -2.43. The van der Waals surface area contributed by atoms with Crippen molar-refractivity contribution in [3.63, 3.8) is 0 Å². The van der Waals surface area contributed by atoms with Crippen LogP contribution in [0.3, 0.4) is 0 Å². The van der Waals surface area contributed by atoms with Crippen LogP contribution >= 0.6 is 0 Å². The van der Waals surface area contributed by atoms with Gasteiger partial charge in [-0.05, 0) is 6.42 Å². The van der Waals surface area contributed by atoms with Gasteiger partial charge in [-0.15, -0.1) is 0 Å². The standard InChI is InChI=1S/C10H16O4/c1-3-11-8-13-10(6-5-7-10)14-9-12-4-2/h3-4H,1-2,5-9H2. The topological polar surface area (TPSA) is 36.9 Å². The predicted molar refractivity (Wildman–Crippen MR) is 51.1 cm³/mol. The van der Waals surface area contributed by atoms with Crippen LogP contribution in [0.25, 0.3) is 0 Å². The number of rotatable bonds is 8. The van der Waals surface area contributed by atoms with E-state index in [4.69, 9.17) is 18.9 Å². The first-order chi connectivity index (χ1) is 6.83. The second kappa shape index (κ2) is 5.67. The van der Waals surface area contributed by atoms with Crippen LogP contribution in [0.4, 0.5) is 0 Å². The predicted octanol–water partition coefficient (Wildman–Crippen LogP) is 2.13. The Morgan fingerprint density at radius 2 is 1.50 bits per heavy atom. The molecule has 1 aliphatic carbocycles. The molecule has 1 rings (SSSR count). The Labute approximate surface area is 84.1 Å². The first kappa shape index (κ1) is 11.1. The van der Waals surface area contributed by atoms with Gasteiger partial charge in [-0.1, -0.05) is 13.2 Å². The van der Waals surface area contributed by atoms with Crippen molar-refractivity contribution in [1.82, 2.24) is 0 Å². The van der Waals surface area contributed by atoms with Gasteiger partial charge in [0, 0.05) is 12.8 Å². The quantitative estimate of drug-likeness (QED) is 0.342. The van der Waals surface area contributed by atoms with Crippen LogP contribution in [0.5, 0.6) is 0 Å². The van der Waals surface area contributed by atoms with Gasteiger partial charge in [0.05, 0.1) is 12.5 Å². The van der Waals surface area contributed by atoms with Crippen LogP contribution in [0.15, 0.2) is 25.7 Å². The van der Waals surface area contributed by atoms with Crippen LogP contribution < -0.4 is 0 Å². The maximum atomic E-state index is 5.42. The van der Waals surface area contributed by atoms with E-state index in [0.717, 1.165) is 19.3 Å². The second-order valence-electron chi connectivity index (χ2n) is 2.96. The SMILES string of the molecule is C=COCOC1(OCOC=C)CCC1. The van der Waals surface area contributed by atoms with Crippen molar-refractivity contribution in [2.24, 2.45) is 0 Å². The summed E-state index contributed by atoms with van der Waals surface area (Å²) in [6, 6.07) is 0. The summed E-state index contributed by atoms with van der Waals surface area (Å²) in [7, 11) is 0. The van der Waals surface area contributed by atoms with E-state index < -0.39 is 5.79 Å². The van der Waals surface area contributed by atoms with Crippen LogP contribution in [-0.2, 0) is 18.9 Å². The van der Waals surface area contributed by atoms with E-state index in [0.29, 0.717) is 0 Å². The zero-order valence-electron chi connectivity index (χ0n) is 8.24. The lowest BCUT2D eigenvalue weighted by Gasteiger charge is -2.40. The zero-order valence-corrected chi connectivity index (χ0v) is 8.24. The Bertz CT molecular complexity index is 171. The minimum atomic E-state index is -0.522. The van der Waals surface area contributed by atoms with Gasteiger partial charge in [0.2, 0.25) is 0 Å². The second-order valence-corrected chi connectivity index (χ2v) is 2.96. The fourth-order valence-corrected chi connectivity index (χ4v) is 1.17. The molecule has 0 aliphatic heterocycles. The normalized spacial score (nSPS) is 18.0.